The monoisotopic (exact) mass is 586 g/mol. The van der Waals surface area contributed by atoms with E-state index in [2.05, 4.69) is 26.0 Å². The lowest BCUT2D eigenvalue weighted by molar-refractivity contribution is -0.150. The topological polar surface area (TPSA) is 146 Å². The van der Waals surface area contributed by atoms with Crippen molar-refractivity contribution in [3.05, 3.63) is 23.5 Å². The summed E-state index contributed by atoms with van der Waals surface area (Å²) < 4.78 is 50.0. The molecule has 2 saturated carbocycles. The van der Waals surface area contributed by atoms with E-state index in [1.165, 1.54) is 17.5 Å². The first-order valence-corrected chi connectivity index (χ1v) is 15.5. The fourth-order valence-corrected chi connectivity index (χ4v) is 7.67. The third-order valence-corrected chi connectivity index (χ3v) is 10.9. The molecule has 0 spiro atoms. The van der Waals surface area contributed by atoms with Crippen LogP contribution in [-0.2, 0) is 25.0 Å². The zero-order valence-corrected chi connectivity index (χ0v) is 23.2. The number of rotatable bonds is 8. The van der Waals surface area contributed by atoms with E-state index in [-0.39, 0.29) is 16.7 Å². The van der Waals surface area contributed by atoms with Crippen molar-refractivity contribution in [2.45, 2.75) is 41.5 Å². The van der Waals surface area contributed by atoms with Crippen LogP contribution < -0.4 is 9.62 Å². The Balaban J connectivity index is 1.26. The van der Waals surface area contributed by atoms with Crippen molar-refractivity contribution in [3.8, 4) is 16.9 Å². The van der Waals surface area contributed by atoms with Crippen molar-refractivity contribution in [1.29, 1.82) is 5.26 Å². The number of amides is 1. The van der Waals surface area contributed by atoms with Gasteiger partial charge < -0.3 is 14.5 Å². The van der Waals surface area contributed by atoms with E-state index in [0.29, 0.717) is 79.3 Å². The summed E-state index contributed by atoms with van der Waals surface area (Å²) in [5.74, 6) is 0.409. The van der Waals surface area contributed by atoms with Gasteiger partial charge in [-0.2, -0.15) is 5.26 Å². The molecule has 1 N–H and O–H groups in total. The van der Waals surface area contributed by atoms with Crippen molar-refractivity contribution in [1.82, 2.24) is 29.2 Å². The van der Waals surface area contributed by atoms with Crippen LogP contribution in [0.15, 0.2) is 23.4 Å². The second kappa shape index (κ2) is 9.16. The van der Waals surface area contributed by atoms with Crippen LogP contribution in [-0.4, -0.2) is 90.4 Å². The SMILES string of the molecule is N#CC1(c2nnc(-c3ncc4c(N5CCN(C(=O)C6COC6)CC5)cc(S(=O)(=O)NC5(CF)CC5)cn34)s2)CC1. The van der Waals surface area contributed by atoms with E-state index in [1.54, 1.807) is 16.7 Å². The number of pyridine rings is 1. The molecule has 1 amide bonds. The normalized spacial score (nSPS) is 21.7. The van der Waals surface area contributed by atoms with Gasteiger partial charge in [-0.25, -0.2) is 22.5 Å². The Morgan fingerprint density at radius 1 is 1.20 bits per heavy atom. The number of nitriles is 1. The summed E-state index contributed by atoms with van der Waals surface area (Å²) >= 11 is 1.28. The Labute approximate surface area is 233 Å². The molecular formula is C25H27FN8O4S2. The van der Waals surface area contributed by atoms with E-state index in [0.717, 1.165) is 12.8 Å². The minimum absolute atomic E-state index is 0.0143. The van der Waals surface area contributed by atoms with E-state index < -0.39 is 27.7 Å². The Kier molecular flexibility index (Phi) is 5.90. The summed E-state index contributed by atoms with van der Waals surface area (Å²) in [6.07, 6.45) is 5.51. The van der Waals surface area contributed by atoms with Crippen LogP contribution in [0.3, 0.4) is 0 Å². The first-order chi connectivity index (χ1) is 19.3. The molecular weight excluding hydrogens is 559 g/mol. The van der Waals surface area contributed by atoms with Gasteiger partial charge in [0.25, 0.3) is 0 Å². The maximum Gasteiger partial charge on any atom is 0.242 e. The van der Waals surface area contributed by atoms with E-state index in [1.807, 2.05) is 9.80 Å². The Morgan fingerprint density at radius 3 is 2.55 bits per heavy atom. The van der Waals surface area contributed by atoms with Gasteiger partial charge in [-0.15, -0.1) is 10.2 Å². The van der Waals surface area contributed by atoms with E-state index >= 15 is 0 Å². The van der Waals surface area contributed by atoms with Crippen LogP contribution in [0.2, 0.25) is 0 Å². The lowest BCUT2D eigenvalue weighted by Crippen LogP contribution is -2.53. The van der Waals surface area contributed by atoms with Crippen molar-refractivity contribution >= 4 is 38.5 Å². The third-order valence-electron chi connectivity index (χ3n) is 8.27. The highest BCUT2D eigenvalue weighted by molar-refractivity contribution is 7.89. The first-order valence-electron chi connectivity index (χ1n) is 13.2. The van der Waals surface area contributed by atoms with Gasteiger partial charge in [-0.05, 0) is 31.7 Å². The van der Waals surface area contributed by atoms with Crippen LogP contribution in [0.5, 0.6) is 0 Å². The average Bonchev–Trinajstić information content (AvgIpc) is 3.79. The lowest BCUT2D eigenvalue weighted by atomic mass is 10.1. The molecule has 0 aromatic carbocycles. The molecule has 0 atom stereocenters. The number of hydrogen-bond acceptors (Lipinski definition) is 10. The van der Waals surface area contributed by atoms with Crippen LogP contribution in [0.1, 0.15) is 30.7 Å². The maximum atomic E-state index is 13.6. The molecule has 5 heterocycles. The molecule has 12 nitrogen and oxygen atoms in total. The largest absolute Gasteiger partial charge is 0.380 e. The molecule has 0 bridgehead atoms. The number of piperazine rings is 1. The number of fused-ring (bicyclic) bond motifs is 1. The number of nitrogens with one attached hydrogen (secondary N) is 1. The molecule has 4 aliphatic rings. The molecule has 2 saturated heterocycles. The number of halogens is 1. The van der Waals surface area contributed by atoms with Crippen molar-refractivity contribution in [2.75, 3.05) is 51.0 Å². The molecule has 7 rings (SSSR count). The summed E-state index contributed by atoms with van der Waals surface area (Å²) in [4.78, 5) is 21.2. The highest BCUT2D eigenvalue weighted by Crippen LogP contribution is 2.49. The number of aromatic nitrogens is 4. The van der Waals surface area contributed by atoms with Crippen molar-refractivity contribution in [3.63, 3.8) is 0 Å². The van der Waals surface area contributed by atoms with Gasteiger partial charge in [0, 0.05) is 32.4 Å². The fourth-order valence-electron chi connectivity index (χ4n) is 5.18. The number of imidazole rings is 1. The number of carbonyl (C=O) groups is 1. The average molecular weight is 587 g/mol. The number of hydrogen-bond donors (Lipinski definition) is 1. The summed E-state index contributed by atoms with van der Waals surface area (Å²) in [6.45, 7) is 2.15. The smallest absolute Gasteiger partial charge is 0.242 e. The number of alkyl halides is 1. The Morgan fingerprint density at radius 2 is 1.95 bits per heavy atom. The quantitative estimate of drug-likeness (QED) is 0.415. The number of nitrogens with zero attached hydrogens (tertiary/aromatic N) is 7. The molecule has 3 aromatic heterocycles. The summed E-state index contributed by atoms with van der Waals surface area (Å²) in [7, 11) is -4.06. The predicted octanol–water partition coefficient (Wildman–Crippen LogP) is 1.48. The highest BCUT2D eigenvalue weighted by Gasteiger charge is 2.49. The summed E-state index contributed by atoms with van der Waals surface area (Å²) in [5.41, 5.74) is -0.329. The van der Waals surface area contributed by atoms with Crippen molar-refractivity contribution in [2.24, 2.45) is 5.92 Å². The van der Waals surface area contributed by atoms with Crippen molar-refractivity contribution < 1.29 is 22.3 Å². The van der Waals surface area contributed by atoms with Gasteiger partial charge in [0.15, 0.2) is 10.8 Å². The minimum Gasteiger partial charge on any atom is -0.380 e. The van der Waals surface area contributed by atoms with E-state index in [9.17, 15) is 22.9 Å². The third kappa shape index (κ3) is 4.25. The minimum atomic E-state index is -4.06. The fraction of sp³-hybridized carbons (Fsp3) is 0.560. The van der Waals surface area contributed by atoms with Gasteiger partial charge in [0.05, 0.1) is 48.1 Å². The molecule has 2 aliphatic heterocycles. The zero-order valence-electron chi connectivity index (χ0n) is 21.5. The number of carbonyl (C=O) groups excluding carboxylic acids is 1. The summed E-state index contributed by atoms with van der Waals surface area (Å²) in [6, 6.07) is 3.92. The standard InChI is InChI=1S/C25H27FN8O4S2/c26-14-25(3-4-25)31-40(36,37)17-9-18(32-5-7-33(8-6-32)22(35)16-12-38-13-16)19-10-28-20(34(19)11-17)21-29-30-23(39-21)24(15-27)1-2-24/h9-11,16,31H,1-8,12-14H2. The lowest BCUT2D eigenvalue weighted by Gasteiger charge is -2.39. The van der Waals surface area contributed by atoms with Gasteiger partial charge in [0.2, 0.25) is 15.9 Å². The second-order valence-electron chi connectivity index (χ2n) is 11.1. The summed E-state index contributed by atoms with van der Waals surface area (Å²) in [5, 5.41) is 19.2. The molecule has 0 unspecified atom stereocenters. The zero-order chi connectivity index (χ0) is 27.7. The van der Waals surface area contributed by atoms with E-state index in [4.69, 9.17) is 4.74 Å². The van der Waals surface area contributed by atoms with Gasteiger partial charge in [0.1, 0.15) is 22.0 Å². The molecule has 3 aromatic rings. The molecule has 4 fully saturated rings. The number of ether oxygens (including phenoxy) is 1. The first kappa shape index (κ1) is 25.8. The number of sulfonamides is 1. The Hall–Kier alpha value is -3.19. The van der Waals surface area contributed by atoms with Gasteiger partial charge >= 0.3 is 0 Å². The number of anilines is 1. The molecule has 2 aliphatic carbocycles. The molecule has 15 heteroatoms. The molecule has 210 valence electrons. The van der Waals surface area contributed by atoms with Gasteiger partial charge in [-0.1, -0.05) is 11.3 Å². The Bertz CT molecular complexity index is 1640. The van der Waals surface area contributed by atoms with Crippen LogP contribution in [0.25, 0.3) is 16.3 Å². The molecule has 40 heavy (non-hydrogen) atoms. The van der Waals surface area contributed by atoms with Gasteiger partial charge in [-0.3, -0.25) is 9.20 Å². The molecule has 0 radical (unpaired) electrons. The van der Waals surface area contributed by atoms with Crippen LogP contribution in [0.4, 0.5) is 10.1 Å². The second-order valence-corrected chi connectivity index (χ2v) is 13.7. The predicted molar refractivity (Wildman–Crippen MR) is 142 cm³/mol. The van der Waals surface area contributed by atoms with Crippen LogP contribution >= 0.6 is 11.3 Å². The highest BCUT2D eigenvalue weighted by atomic mass is 32.2. The van der Waals surface area contributed by atoms with Crippen LogP contribution in [0, 0.1) is 17.2 Å². The maximum absolute atomic E-state index is 13.6.